The van der Waals surface area contributed by atoms with Crippen LogP contribution in [0, 0.1) is 0 Å². The number of benzene rings is 7. The molecule has 0 unspecified atom stereocenters. The molecule has 0 bridgehead atoms. The number of hydrogen-bond acceptors (Lipinski definition) is 4. The first-order chi connectivity index (χ1) is 23.8. The van der Waals surface area contributed by atoms with Crippen molar-refractivity contribution in [3.05, 3.63) is 158 Å². The Labute approximate surface area is 276 Å². The molecule has 224 valence electrons. The molecule has 0 spiro atoms. The monoisotopic (exact) mass is 614 g/mol. The van der Waals surface area contributed by atoms with Crippen LogP contribution in [0.1, 0.15) is 0 Å². The highest BCUT2D eigenvalue weighted by Crippen LogP contribution is 2.51. The van der Waals surface area contributed by atoms with Gasteiger partial charge in [0.1, 0.15) is 11.5 Å². The van der Waals surface area contributed by atoms with E-state index < -0.39 is 0 Å². The standard InChI is InChI=1S/C43H26N4O/c1-4-13-27(14-5-1)33-26-35-40-38-32(33)21-11-23-36(38)48-37-24-12-22-34(39(37)40)47(35)31-20-10-19-30(25-31)43-45-41(28-15-6-2-7-16-28)44-42(46-43)29-17-8-3-9-18-29/h1-26H. The van der Waals surface area contributed by atoms with E-state index in [1.807, 2.05) is 60.7 Å². The lowest BCUT2D eigenvalue weighted by atomic mass is 9.93. The van der Waals surface area contributed by atoms with Gasteiger partial charge in [0.15, 0.2) is 17.5 Å². The second kappa shape index (κ2) is 10.5. The fourth-order valence-electron chi connectivity index (χ4n) is 7.09. The van der Waals surface area contributed by atoms with Crippen molar-refractivity contribution in [3.8, 4) is 62.5 Å². The van der Waals surface area contributed by atoms with Crippen molar-refractivity contribution in [2.24, 2.45) is 0 Å². The maximum Gasteiger partial charge on any atom is 0.164 e. The van der Waals surface area contributed by atoms with Gasteiger partial charge in [0.25, 0.3) is 0 Å². The minimum absolute atomic E-state index is 0.622. The molecule has 0 saturated heterocycles. The molecule has 1 aliphatic heterocycles. The highest BCUT2D eigenvalue weighted by atomic mass is 16.5. The molecule has 0 fully saturated rings. The molecule has 48 heavy (non-hydrogen) atoms. The second-order valence-corrected chi connectivity index (χ2v) is 12.0. The van der Waals surface area contributed by atoms with E-state index in [4.69, 9.17) is 19.7 Å². The van der Waals surface area contributed by atoms with Crippen molar-refractivity contribution in [1.29, 1.82) is 0 Å². The summed E-state index contributed by atoms with van der Waals surface area (Å²) in [6.45, 7) is 0. The fraction of sp³-hybridized carbons (Fsp3) is 0. The molecule has 3 heterocycles. The van der Waals surface area contributed by atoms with Crippen LogP contribution in [0.15, 0.2) is 158 Å². The first kappa shape index (κ1) is 26.6. The van der Waals surface area contributed by atoms with Crippen LogP contribution in [-0.2, 0) is 0 Å². The number of hydrogen-bond donors (Lipinski definition) is 0. The lowest BCUT2D eigenvalue weighted by Crippen LogP contribution is -2.01. The smallest absolute Gasteiger partial charge is 0.164 e. The van der Waals surface area contributed by atoms with Gasteiger partial charge in [0.2, 0.25) is 0 Å². The van der Waals surface area contributed by atoms with Gasteiger partial charge in [-0.15, -0.1) is 0 Å². The minimum Gasteiger partial charge on any atom is -0.456 e. The van der Waals surface area contributed by atoms with E-state index in [1.54, 1.807) is 0 Å². The van der Waals surface area contributed by atoms with Crippen LogP contribution in [-0.4, -0.2) is 19.5 Å². The predicted molar refractivity (Wildman–Crippen MR) is 193 cm³/mol. The van der Waals surface area contributed by atoms with E-state index >= 15 is 0 Å². The summed E-state index contributed by atoms with van der Waals surface area (Å²) in [5.74, 6) is 3.66. The Bertz CT molecular complexity index is 2630. The lowest BCUT2D eigenvalue weighted by Gasteiger charge is -2.18. The Morgan fingerprint density at radius 3 is 1.60 bits per heavy atom. The molecule has 2 aromatic heterocycles. The Morgan fingerprint density at radius 2 is 0.938 bits per heavy atom. The number of aromatic nitrogens is 4. The first-order valence-corrected chi connectivity index (χ1v) is 16.0. The van der Waals surface area contributed by atoms with Gasteiger partial charge >= 0.3 is 0 Å². The van der Waals surface area contributed by atoms with E-state index in [2.05, 4.69) is 102 Å². The van der Waals surface area contributed by atoms with Crippen molar-refractivity contribution in [2.75, 3.05) is 0 Å². The molecule has 1 aliphatic rings. The van der Waals surface area contributed by atoms with Crippen LogP contribution >= 0.6 is 0 Å². The van der Waals surface area contributed by atoms with Gasteiger partial charge in [-0.05, 0) is 52.9 Å². The summed E-state index contributed by atoms with van der Waals surface area (Å²) in [4.78, 5) is 14.9. The summed E-state index contributed by atoms with van der Waals surface area (Å²) >= 11 is 0. The number of ether oxygens (including phenoxy) is 1. The molecule has 0 amide bonds. The Balaban J connectivity index is 1.24. The molecule has 0 aliphatic carbocycles. The zero-order valence-electron chi connectivity index (χ0n) is 25.7. The molecule has 5 heteroatoms. The van der Waals surface area contributed by atoms with Crippen LogP contribution in [0.2, 0.25) is 0 Å². The van der Waals surface area contributed by atoms with Crippen molar-refractivity contribution in [1.82, 2.24) is 19.5 Å². The van der Waals surface area contributed by atoms with E-state index in [-0.39, 0.29) is 0 Å². The van der Waals surface area contributed by atoms with Gasteiger partial charge in [-0.1, -0.05) is 121 Å². The van der Waals surface area contributed by atoms with Crippen molar-refractivity contribution in [2.45, 2.75) is 0 Å². The Hall–Kier alpha value is -6.59. The zero-order valence-corrected chi connectivity index (χ0v) is 25.7. The van der Waals surface area contributed by atoms with E-state index in [9.17, 15) is 0 Å². The molecule has 0 saturated carbocycles. The molecule has 0 radical (unpaired) electrons. The number of rotatable bonds is 5. The molecule has 0 atom stereocenters. The third-order valence-corrected chi connectivity index (χ3v) is 9.21. The molecule has 10 rings (SSSR count). The van der Waals surface area contributed by atoms with Gasteiger partial charge in [-0.25, -0.2) is 15.0 Å². The average Bonchev–Trinajstić information content (AvgIpc) is 3.51. The summed E-state index contributed by atoms with van der Waals surface area (Å²) in [6.07, 6.45) is 0. The quantitative estimate of drug-likeness (QED) is 0.194. The van der Waals surface area contributed by atoms with Crippen molar-refractivity contribution in [3.63, 3.8) is 0 Å². The molecule has 7 aromatic carbocycles. The largest absolute Gasteiger partial charge is 0.456 e. The average molecular weight is 615 g/mol. The molecule has 0 N–H and O–H groups in total. The van der Waals surface area contributed by atoms with Gasteiger partial charge in [-0.3, -0.25) is 0 Å². The second-order valence-electron chi connectivity index (χ2n) is 12.0. The van der Waals surface area contributed by atoms with Gasteiger partial charge in [0.05, 0.1) is 16.4 Å². The van der Waals surface area contributed by atoms with Crippen LogP contribution in [0.4, 0.5) is 0 Å². The van der Waals surface area contributed by atoms with E-state index in [0.29, 0.717) is 17.5 Å². The lowest BCUT2D eigenvalue weighted by molar-refractivity contribution is 0.493. The third-order valence-electron chi connectivity index (χ3n) is 9.21. The third kappa shape index (κ3) is 4.08. The van der Waals surface area contributed by atoms with E-state index in [1.165, 1.54) is 21.9 Å². The summed E-state index contributed by atoms with van der Waals surface area (Å²) in [6, 6.07) is 54.3. The maximum absolute atomic E-state index is 6.59. The van der Waals surface area contributed by atoms with Crippen molar-refractivity contribution < 1.29 is 4.74 Å². The zero-order chi connectivity index (χ0) is 31.6. The molecule has 9 aromatic rings. The predicted octanol–water partition coefficient (Wildman–Crippen LogP) is 10.9. The Kier molecular flexibility index (Phi) is 5.81. The molecular weight excluding hydrogens is 589 g/mol. The Morgan fingerprint density at radius 1 is 0.396 bits per heavy atom. The number of nitrogens with zero attached hydrogens (tertiary/aromatic N) is 4. The summed E-state index contributed by atoms with van der Waals surface area (Å²) in [5.41, 5.74) is 8.37. The fourth-order valence-corrected chi connectivity index (χ4v) is 7.09. The highest BCUT2D eigenvalue weighted by Gasteiger charge is 2.26. The van der Waals surface area contributed by atoms with Gasteiger partial charge in [-0.2, -0.15) is 0 Å². The van der Waals surface area contributed by atoms with Crippen LogP contribution < -0.4 is 4.74 Å². The maximum atomic E-state index is 6.59. The summed E-state index contributed by atoms with van der Waals surface area (Å²) in [5, 5.41) is 4.66. The topological polar surface area (TPSA) is 52.8 Å². The van der Waals surface area contributed by atoms with Crippen LogP contribution in [0.5, 0.6) is 11.5 Å². The van der Waals surface area contributed by atoms with Crippen LogP contribution in [0.3, 0.4) is 0 Å². The van der Waals surface area contributed by atoms with Gasteiger partial charge < -0.3 is 9.30 Å². The first-order valence-electron chi connectivity index (χ1n) is 16.0. The molecule has 5 nitrogen and oxygen atoms in total. The highest BCUT2D eigenvalue weighted by molar-refractivity contribution is 6.28. The summed E-state index contributed by atoms with van der Waals surface area (Å²) < 4.78 is 8.94. The van der Waals surface area contributed by atoms with Gasteiger partial charge in [0, 0.05) is 33.2 Å². The SMILES string of the molecule is c1ccc(-c2nc(-c3ccccc3)nc(-c3cccc(-n4c5cccc6c5c5c7c(cccc7c(-c7ccccc7)cc54)O6)c3)n2)cc1. The van der Waals surface area contributed by atoms with Crippen LogP contribution in [0.25, 0.3) is 83.6 Å². The normalized spacial score (nSPS) is 11.9. The summed E-state index contributed by atoms with van der Waals surface area (Å²) in [7, 11) is 0. The molecular formula is C43H26N4O. The van der Waals surface area contributed by atoms with E-state index in [0.717, 1.165) is 55.7 Å². The minimum atomic E-state index is 0.622. The van der Waals surface area contributed by atoms with Crippen molar-refractivity contribution >= 4 is 32.6 Å².